The summed E-state index contributed by atoms with van der Waals surface area (Å²) in [6, 6.07) is 22.2. The van der Waals surface area contributed by atoms with Crippen molar-refractivity contribution < 1.29 is 62.9 Å². The lowest BCUT2D eigenvalue weighted by Crippen LogP contribution is -2.48. The summed E-state index contributed by atoms with van der Waals surface area (Å²) in [7, 11) is 0. The van der Waals surface area contributed by atoms with Crippen molar-refractivity contribution in [1.82, 2.24) is 30.9 Å². The number of non-ortho nitro benzene ring substituents is 4. The normalized spacial score (nSPS) is 16.3. The Kier molecular flexibility index (Phi) is 20.7. The fraction of sp³-hybridized carbons (Fsp3) is 0.306. The Morgan fingerprint density at radius 2 is 0.939 bits per heavy atom. The van der Waals surface area contributed by atoms with Gasteiger partial charge >= 0.3 is 0 Å². The minimum atomic E-state index is -0.574. The number of halogens is 1. The monoisotopic (exact) mass is 1480 g/mol. The number of rotatable bonds is 6. The number of carbonyl (C=O) groups is 4. The van der Waals surface area contributed by atoms with Crippen molar-refractivity contribution in [3.63, 3.8) is 0 Å². The van der Waals surface area contributed by atoms with Crippen LogP contribution in [0.15, 0.2) is 94.9 Å². The van der Waals surface area contributed by atoms with E-state index in [2.05, 4.69) is 57.4 Å². The molecule has 37 heteroatoms. The van der Waals surface area contributed by atoms with E-state index in [0.29, 0.717) is 101 Å². The van der Waals surface area contributed by atoms with Crippen LogP contribution in [0.25, 0.3) is 0 Å². The highest BCUT2D eigenvalue weighted by Gasteiger charge is 2.38. The third-order valence-electron chi connectivity index (χ3n) is 15.0. The van der Waals surface area contributed by atoms with E-state index in [1.807, 2.05) is 64.6 Å². The number of thiazole rings is 3. The van der Waals surface area contributed by atoms with E-state index < -0.39 is 19.7 Å². The van der Waals surface area contributed by atoms with Gasteiger partial charge in [-0.2, -0.15) is 0 Å². The van der Waals surface area contributed by atoms with Crippen LogP contribution in [0.5, 0.6) is 28.7 Å². The van der Waals surface area contributed by atoms with Crippen molar-refractivity contribution in [2.75, 3.05) is 78.0 Å². The largest absolute Gasteiger partial charge is 0.506 e. The number of fused-ring (bicyclic) bond motifs is 7. The number of hydrogen-bond donors (Lipinski definition) is 8. The Bertz CT molecular complexity index is 4540. The lowest BCUT2D eigenvalue weighted by atomic mass is 9.94. The van der Waals surface area contributed by atoms with Crippen molar-refractivity contribution in [3.05, 3.63) is 167 Å². The molecule has 0 radical (unpaired) electrons. The zero-order chi connectivity index (χ0) is 71.4. The van der Waals surface area contributed by atoms with E-state index >= 15 is 0 Å². The Hall–Kier alpha value is -11.1. The predicted molar refractivity (Wildman–Crippen MR) is 372 cm³/mol. The van der Waals surface area contributed by atoms with Gasteiger partial charge in [-0.1, -0.05) is 22.7 Å². The second-order valence-corrected chi connectivity index (χ2v) is 28.7. The molecule has 0 bridgehead atoms. The number of nitrogens with zero attached hydrogens (tertiary/aromatic N) is 9. The molecular weight excluding hydrogens is 1420 g/mol. The number of aromatic hydroxyl groups is 1. The van der Waals surface area contributed by atoms with E-state index in [1.165, 1.54) is 88.6 Å². The van der Waals surface area contributed by atoms with E-state index in [4.69, 9.17) is 40.5 Å². The lowest BCUT2D eigenvalue weighted by Gasteiger charge is -2.29. The van der Waals surface area contributed by atoms with Gasteiger partial charge in [0.2, 0.25) is 0 Å². The maximum Gasteiger partial charge on any atom is 0.271 e. The fourth-order valence-electron chi connectivity index (χ4n) is 10.6. The zero-order valence-corrected chi connectivity index (χ0v) is 57.5. The van der Waals surface area contributed by atoms with Crippen molar-refractivity contribution in [3.8, 4) is 28.7 Å². The van der Waals surface area contributed by atoms with E-state index in [9.17, 15) is 59.6 Å². The minimum Gasteiger partial charge on any atom is -0.506 e. The van der Waals surface area contributed by atoms with Gasteiger partial charge in [0.1, 0.15) is 63.2 Å². The van der Waals surface area contributed by atoms with Crippen LogP contribution in [-0.2, 0) is 24.1 Å². The summed E-state index contributed by atoms with van der Waals surface area (Å²) >= 11 is 7.41. The SMILES string of the molecule is CC1(C)Cc2nc(Br)sc2C(=O)N1.CC1(C)Cc2nc(N3CCOc4ccc(N)cc43)sc2C(=O)N1.CC1(C)Cc2nc(N3CCOc4ccc([N+](=O)[O-])cc43)sc2C(=O)N1.Nc1cc([N+](=O)[O-])ccc1O.O=C1COc2ccc([N+](=O)[O-])cc2N1.O=[N+]([O-])c1ccc2c(c1)NCCO2. The molecule has 0 saturated carbocycles. The molecule has 99 heavy (non-hydrogen) atoms. The topological polar surface area (TPSA) is 455 Å². The Balaban J connectivity index is 0.000000132. The minimum absolute atomic E-state index is 0.00514. The maximum atomic E-state index is 12.3. The van der Waals surface area contributed by atoms with Gasteiger partial charge in [0.05, 0.1) is 78.3 Å². The van der Waals surface area contributed by atoms with Crippen LogP contribution in [0.2, 0.25) is 0 Å². The van der Waals surface area contributed by atoms with Crippen LogP contribution >= 0.6 is 49.9 Å². The second kappa shape index (κ2) is 29.0. The number of nitro benzene ring substituents is 4. The third-order valence-corrected chi connectivity index (χ3v) is 18.8. The van der Waals surface area contributed by atoms with Gasteiger partial charge in [-0.05, 0) is 99.9 Å². The predicted octanol–water partition coefficient (Wildman–Crippen LogP) is 10.1. The van der Waals surface area contributed by atoms with Crippen LogP contribution < -0.4 is 66.8 Å². The number of ether oxygens (including phenoxy) is 4. The summed E-state index contributed by atoms with van der Waals surface area (Å²) in [5.74, 6) is 1.89. The fourth-order valence-corrected chi connectivity index (χ4v) is 14.1. The number of nitrogens with two attached hydrogens (primary N) is 2. The number of phenolic OH excluding ortho intramolecular Hbond substituents is 1. The summed E-state index contributed by atoms with van der Waals surface area (Å²) in [4.78, 5) is 107. The molecule has 0 fully saturated rings. The van der Waals surface area contributed by atoms with Gasteiger partial charge in [-0.3, -0.25) is 59.6 Å². The molecule has 4 amide bonds. The molecular formula is C62H63BrN16O17S3. The Labute approximate surface area is 582 Å². The molecule has 7 aliphatic heterocycles. The molecule has 0 spiro atoms. The van der Waals surface area contributed by atoms with Crippen molar-refractivity contribution in [2.24, 2.45) is 0 Å². The van der Waals surface area contributed by atoms with E-state index in [1.54, 1.807) is 12.1 Å². The molecule has 7 aliphatic rings. The number of benzene rings is 5. The van der Waals surface area contributed by atoms with E-state index in [-0.39, 0.29) is 81.0 Å². The standard InChI is InChI=1S/C16H16N4O4S.C16H18N4O2S.C8H9BrN2OS.C8H6N2O4.C8H8N2O3.C6H6N2O3/c1-16(2)8-10-13(14(21)18-16)25-15(17-10)19-5-6-24-12-4-3-9(20(22)23)7-11(12)19;1-16(2)8-10-13(14(21)19-16)23-15(18-10)20-5-6-22-12-4-3-9(17)7-11(12)20;1-8(2)3-4-5(6(12)11-8)13-7(9)10-4;11-8-4-14-7-2-1-5(10(12)13)3-6(7)9-8;11-10(12)6-1-2-8-7(5-6)9-3-4-13-8;7-5-3-4(8(10)11)1-2-6(5)9/h3-4,7H,5-6,8H2,1-2H3,(H,18,21);3-4,7H,5-6,8,17H2,1-2H3,(H,19,21);3H2,1-2H3,(H,11,12);1-3H,4H2,(H,9,11);1-2,5,9H,3-4H2;1-3,9H,7H2. The molecule has 5 aromatic carbocycles. The summed E-state index contributed by atoms with van der Waals surface area (Å²) in [6.45, 7) is 15.4. The van der Waals surface area contributed by atoms with Crippen molar-refractivity contribution >= 4 is 141 Å². The summed E-state index contributed by atoms with van der Waals surface area (Å²) in [6.07, 6.45) is 2.19. The number of carbonyl (C=O) groups excluding carboxylic acids is 4. The molecule has 15 rings (SSSR count). The van der Waals surface area contributed by atoms with Crippen LogP contribution in [0.1, 0.15) is 87.6 Å². The molecule has 0 aliphatic carbocycles. The number of nitrogens with one attached hydrogen (secondary N) is 5. The highest BCUT2D eigenvalue weighted by molar-refractivity contribution is 9.11. The molecule has 0 saturated heterocycles. The first-order valence-corrected chi connectivity index (χ1v) is 33.2. The van der Waals surface area contributed by atoms with E-state index in [0.717, 1.165) is 61.4 Å². The number of nitrogen functional groups attached to an aromatic ring is 2. The highest BCUT2D eigenvalue weighted by atomic mass is 79.9. The molecule has 33 nitrogen and oxygen atoms in total. The number of anilines is 8. The Morgan fingerprint density at radius 1 is 0.525 bits per heavy atom. The summed E-state index contributed by atoms with van der Waals surface area (Å²) < 4.78 is 22.4. The molecule has 10 N–H and O–H groups in total. The van der Waals surface area contributed by atoms with Crippen LogP contribution in [-0.4, -0.2) is 126 Å². The van der Waals surface area contributed by atoms with Gasteiger partial charge in [-0.15, -0.1) is 11.3 Å². The maximum absolute atomic E-state index is 12.3. The average molecular weight is 1480 g/mol. The van der Waals surface area contributed by atoms with Gasteiger partial charge < -0.3 is 71.9 Å². The van der Waals surface area contributed by atoms with Crippen molar-refractivity contribution in [2.45, 2.75) is 77.4 Å². The summed E-state index contributed by atoms with van der Waals surface area (Å²) in [5.41, 5.74) is 16.0. The first kappa shape index (κ1) is 70.7. The number of amides is 4. The number of nitro groups is 4. The smallest absolute Gasteiger partial charge is 0.271 e. The molecule has 0 unspecified atom stereocenters. The molecule has 518 valence electrons. The summed E-state index contributed by atoms with van der Waals surface area (Å²) in [5, 5.41) is 66.9. The van der Waals surface area contributed by atoms with Gasteiger partial charge in [0.15, 0.2) is 20.8 Å². The Morgan fingerprint density at radius 3 is 1.44 bits per heavy atom. The molecule has 0 atom stereocenters. The van der Waals surface area contributed by atoms with Crippen LogP contribution in [0.4, 0.5) is 67.1 Å². The number of phenols is 1. The first-order chi connectivity index (χ1) is 46.8. The molecule has 8 aromatic rings. The lowest BCUT2D eigenvalue weighted by molar-refractivity contribution is -0.385. The van der Waals surface area contributed by atoms with Crippen molar-refractivity contribution in [1.29, 1.82) is 0 Å². The molecule has 3 aromatic heterocycles. The average Bonchev–Trinajstić information content (AvgIpc) is 1.64. The van der Waals surface area contributed by atoms with Gasteiger partial charge in [-0.25, -0.2) is 15.0 Å². The second-order valence-electron chi connectivity index (χ2n) is 24.5. The highest BCUT2D eigenvalue weighted by Crippen LogP contribution is 2.44. The number of hydrogen-bond acceptors (Lipinski definition) is 28. The first-order valence-electron chi connectivity index (χ1n) is 30.0. The van der Waals surface area contributed by atoms with Crippen LogP contribution in [0, 0.1) is 40.5 Å². The van der Waals surface area contributed by atoms with Gasteiger partial charge in [0.25, 0.3) is 46.4 Å². The molecule has 10 heterocycles. The third kappa shape index (κ3) is 17.0. The zero-order valence-electron chi connectivity index (χ0n) is 53.5. The van der Waals surface area contributed by atoms with Gasteiger partial charge in [0, 0.05) is 96.6 Å². The quantitative estimate of drug-likeness (QED) is 0.0332. The number of aromatic nitrogens is 3. The van der Waals surface area contributed by atoms with Crippen LogP contribution in [0.3, 0.4) is 0 Å².